The van der Waals surface area contributed by atoms with Crippen molar-refractivity contribution in [2.24, 2.45) is 19.2 Å². The Kier molecular flexibility index (Phi) is 6.25. The number of aromatic nitrogens is 4. The van der Waals surface area contributed by atoms with Gasteiger partial charge in [-0.3, -0.25) is 13.9 Å². The van der Waals surface area contributed by atoms with Crippen LogP contribution in [0.1, 0.15) is 21.7 Å². The highest BCUT2D eigenvalue weighted by atomic mass is 16.5. The fourth-order valence-electron chi connectivity index (χ4n) is 3.79. The minimum atomic E-state index is -0.591. The van der Waals surface area contributed by atoms with Crippen molar-refractivity contribution in [1.29, 1.82) is 0 Å². The number of imidazole rings is 1. The first-order valence-electron chi connectivity index (χ1n) is 11.3. The van der Waals surface area contributed by atoms with Crippen LogP contribution in [0.5, 0.6) is 5.75 Å². The quantitative estimate of drug-likeness (QED) is 0.158. The smallest absolute Gasteiger partial charge is 0.379 e. The molecule has 1 N–H and O–H groups in total. The molecule has 0 saturated carbocycles. The molecule has 0 aliphatic carbocycles. The van der Waals surface area contributed by atoms with Gasteiger partial charge in [0.25, 0.3) is 5.56 Å². The van der Waals surface area contributed by atoms with Crippen molar-refractivity contribution in [1.82, 2.24) is 18.7 Å². The molecule has 186 valence electrons. The molecule has 3 heterocycles. The summed E-state index contributed by atoms with van der Waals surface area (Å²) in [5.41, 5.74) is 4.02. The zero-order valence-electron chi connectivity index (χ0n) is 20.0. The Balaban J connectivity index is 1.34. The van der Waals surface area contributed by atoms with Gasteiger partial charge in [-0.2, -0.15) is 10.1 Å². The molecule has 0 atom stereocenters. The fraction of sp³-hybridized carbons (Fsp3) is 0.115. The molecule has 0 spiro atoms. The normalized spacial score (nSPS) is 11.3. The number of hydrogen-bond acceptors (Lipinski definition) is 8. The van der Waals surface area contributed by atoms with E-state index in [0.29, 0.717) is 11.7 Å². The van der Waals surface area contributed by atoms with Crippen LogP contribution in [0.15, 0.2) is 92.1 Å². The molecule has 0 unspecified atom stereocenters. The Morgan fingerprint density at radius 3 is 2.49 bits per heavy atom. The van der Waals surface area contributed by atoms with Crippen molar-refractivity contribution in [2.45, 2.75) is 6.54 Å². The van der Waals surface area contributed by atoms with Gasteiger partial charge in [-0.15, -0.1) is 0 Å². The van der Waals surface area contributed by atoms with Crippen molar-refractivity contribution in [2.75, 3.05) is 5.43 Å². The van der Waals surface area contributed by atoms with E-state index in [4.69, 9.17) is 9.15 Å². The molecule has 0 aliphatic heterocycles. The molecular formula is C26H22N6O5. The summed E-state index contributed by atoms with van der Waals surface area (Å²) in [6.07, 6.45) is 2.94. The van der Waals surface area contributed by atoms with Crippen molar-refractivity contribution >= 4 is 29.3 Å². The minimum Gasteiger partial charge on any atom is -0.457 e. The first-order chi connectivity index (χ1) is 17.9. The Morgan fingerprint density at radius 2 is 1.78 bits per heavy atom. The Labute approximate surface area is 209 Å². The summed E-state index contributed by atoms with van der Waals surface area (Å²) in [6.45, 7) is 0.154. The molecule has 0 radical (unpaired) electrons. The van der Waals surface area contributed by atoms with Crippen molar-refractivity contribution in [3.8, 4) is 5.75 Å². The maximum Gasteiger partial charge on any atom is 0.379 e. The van der Waals surface area contributed by atoms with Gasteiger partial charge in [0.15, 0.2) is 11.2 Å². The maximum absolute atomic E-state index is 13.2. The second-order valence-corrected chi connectivity index (χ2v) is 8.19. The first-order valence-corrected chi connectivity index (χ1v) is 11.3. The number of anilines is 1. The van der Waals surface area contributed by atoms with E-state index in [2.05, 4.69) is 15.5 Å². The molecule has 0 fully saturated rings. The van der Waals surface area contributed by atoms with E-state index in [1.54, 1.807) is 55.2 Å². The zero-order valence-corrected chi connectivity index (χ0v) is 20.0. The number of hydrazone groups is 1. The number of nitrogens with one attached hydrogen (secondary N) is 1. The highest BCUT2D eigenvalue weighted by molar-refractivity contribution is 5.88. The molecule has 0 saturated heterocycles. The number of nitrogens with zero attached hydrogens (tertiary/aromatic N) is 5. The van der Waals surface area contributed by atoms with E-state index in [1.807, 2.05) is 30.3 Å². The standard InChI is InChI=1S/C26H22N6O5/c1-30-21-22(31(2)26(35)32(23(21)33)16-18-7-4-3-5-8-18)28-25(30)29-27-15-17-10-12-19(13-11-17)37-24(34)20-9-6-14-36-20/h3-15H,16H2,1-2H3,(H,28,29)/b27-15-. The second-order valence-electron chi connectivity index (χ2n) is 8.19. The highest BCUT2D eigenvalue weighted by Crippen LogP contribution is 2.15. The number of furan rings is 1. The van der Waals surface area contributed by atoms with Gasteiger partial charge in [0.05, 0.1) is 19.0 Å². The van der Waals surface area contributed by atoms with Crippen LogP contribution in [0.3, 0.4) is 0 Å². The molecule has 0 bridgehead atoms. The number of esters is 1. The average Bonchev–Trinajstić information content (AvgIpc) is 3.56. The predicted molar refractivity (Wildman–Crippen MR) is 137 cm³/mol. The van der Waals surface area contributed by atoms with E-state index in [-0.39, 0.29) is 23.5 Å². The molecule has 0 aliphatic rings. The Bertz CT molecular complexity index is 1710. The summed E-state index contributed by atoms with van der Waals surface area (Å²) in [5.74, 6) is 0.170. The van der Waals surface area contributed by atoms with Crippen LogP contribution in [-0.4, -0.2) is 30.9 Å². The van der Waals surface area contributed by atoms with Crippen molar-refractivity contribution in [3.63, 3.8) is 0 Å². The van der Waals surface area contributed by atoms with Crippen LogP contribution in [0, 0.1) is 0 Å². The van der Waals surface area contributed by atoms with Crippen LogP contribution in [0.2, 0.25) is 0 Å². The Hall–Kier alpha value is -5.19. The topological polar surface area (TPSA) is 126 Å². The molecular weight excluding hydrogens is 476 g/mol. The lowest BCUT2D eigenvalue weighted by molar-refractivity contribution is 0.0701. The summed E-state index contributed by atoms with van der Waals surface area (Å²) in [6, 6.07) is 19.1. The SMILES string of the molecule is Cn1c(N/N=C\c2ccc(OC(=O)c3ccco3)cc2)nc2c1c(=O)n(Cc1ccccc1)c(=O)n2C. The summed E-state index contributed by atoms with van der Waals surface area (Å²) >= 11 is 0. The summed E-state index contributed by atoms with van der Waals surface area (Å²) in [5, 5.41) is 4.19. The average molecular weight is 498 g/mol. The van der Waals surface area contributed by atoms with Crippen LogP contribution in [0.25, 0.3) is 11.2 Å². The lowest BCUT2D eigenvalue weighted by atomic mass is 10.2. The molecule has 11 heteroatoms. The first kappa shape index (κ1) is 23.5. The monoisotopic (exact) mass is 498 g/mol. The molecule has 2 aromatic carbocycles. The van der Waals surface area contributed by atoms with Crippen LogP contribution in [-0.2, 0) is 20.6 Å². The molecule has 5 aromatic rings. The van der Waals surface area contributed by atoms with E-state index in [9.17, 15) is 14.4 Å². The third-order valence-corrected chi connectivity index (χ3v) is 5.73. The molecule has 0 amide bonds. The van der Waals surface area contributed by atoms with E-state index in [1.165, 1.54) is 21.5 Å². The van der Waals surface area contributed by atoms with Gasteiger partial charge in [-0.05, 0) is 47.5 Å². The Morgan fingerprint density at radius 1 is 1.03 bits per heavy atom. The van der Waals surface area contributed by atoms with Crippen molar-refractivity contribution < 1.29 is 13.9 Å². The molecule has 5 rings (SSSR count). The third kappa shape index (κ3) is 4.69. The molecule has 3 aromatic heterocycles. The predicted octanol–water partition coefficient (Wildman–Crippen LogP) is 2.74. The maximum atomic E-state index is 13.2. The fourth-order valence-corrected chi connectivity index (χ4v) is 3.79. The van der Waals surface area contributed by atoms with Crippen LogP contribution >= 0.6 is 0 Å². The third-order valence-electron chi connectivity index (χ3n) is 5.73. The minimum absolute atomic E-state index is 0.113. The van der Waals surface area contributed by atoms with Gasteiger partial charge < -0.3 is 13.7 Å². The summed E-state index contributed by atoms with van der Waals surface area (Å²) in [4.78, 5) is 42.5. The number of benzene rings is 2. The number of ether oxygens (including phenoxy) is 1. The van der Waals surface area contributed by atoms with Gasteiger partial charge in [0.2, 0.25) is 11.7 Å². The van der Waals surface area contributed by atoms with Gasteiger partial charge >= 0.3 is 11.7 Å². The number of fused-ring (bicyclic) bond motifs is 1. The van der Waals surface area contributed by atoms with Crippen molar-refractivity contribution in [3.05, 3.63) is 111 Å². The number of aryl methyl sites for hydroxylation is 2. The van der Waals surface area contributed by atoms with Crippen LogP contribution in [0.4, 0.5) is 5.95 Å². The van der Waals surface area contributed by atoms with E-state index < -0.39 is 17.2 Å². The molecule has 37 heavy (non-hydrogen) atoms. The molecule has 11 nitrogen and oxygen atoms in total. The lowest BCUT2D eigenvalue weighted by Crippen LogP contribution is -2.39. The second kappa shape index (κ2) is 9.82. The van der Waals surface area contributed by atoms with Gasteiger partial charge in [-0.25, -0.2) is 15.0 Å². The number of carbonyl (C=O) groups is 1. The van der Waals surface area contributed by atoms with Crippen LogP contribution < -0.4 is 21.4 Å². The van der Waals surface area contributed by atoms with Gasteiger partial charge in [0.1, 0.15) is 5.75 Å². The van der Waals surface area contributed by atoms with Gasteiger partial charge in [0, 0.05) is 14.1 Å². The van der Waals surface area contributed by atoms with E-state index in [0.717, 1.165) is 11.1 Å². The number of hydrogen-bond donors (Lipinski definition) is 1. The van der Waals surface area contributed by atoms with Gasteiger partial charge in [-0.1, -0.05) is 30.3 Å². The number of rotatable bonds is 7. The lowest BCUT2D eigenvalue weighted by Gasteiger charge is -2.08. The highest BCUT2D eigenvalue weighted by Gasteiger charge is 2.18. The summed E-state index contributed by atoms with van der Waals surface area (Å²) < 4.78 is 14.4. The van der Waals surface area contributed by atoms with E-state index >= 15 is 0 Å². The summed E-state index contributed by atoms with van der Waals surface area (Å²) in [7, 11) is 3.25. The largest absolute Gasteiger partial charge is 0.457 e. The number of carbonyl (C=O) groups excluding carboxylic acids is 1. The zero-order chi connectivity index (χ0) is 25.9.